The quantitative estimate of drug-likeness (QED) is 0.610. The molecule has 9 heteroatoms. The predicted octanol–water partition coefficient (Wildman–Crippen LogP) is 3.79. The first kappa shape index (κ1) is 20.8. The summed E-state index contributed by atoms with van der Waals surface area (Å²) in [6.45, 7) is 3.54. The number of hydrogen-bond acceptors (Lipinski definition) is 6. The number of thiazole rings is 1. The third-order valence-corrected chi connectivity index (χ3v) is 5.90. The molecule has 3 amide bonds. The average molecular weight is 439 g/mol. The van der Waals surface area contributed by atoms with Gasteiger partial charge in [0.2, 0.25) is 11.8 Å². The average Bonchev–Trinajstić information content (AvgIpc) is 3.17. The first-order chi connectivity index (χ1) is 15.0. The van der Waals surface area contributed by atoms with Gasteiger partial charge < -0.3 is 15.4 Å². The van der Waals surface area contributed by atoms with Crippen LogP contribution in [0.15, 0.2) is 42.5 Å². The molecular formula is C22H22N4O4S. The summed E-state index contributed by atoms with van der Waals surface area (Å²) >= 11 is 1.34. The topological polar surface area (TPSA) is 101 Å². The summed E-state index contributed by atoms with van der Waals surface area (Å²) < 4.78 is 6.32. The van der Waals surface area contributed by atoms with Gasteiger partial charge in [-0.2, -0.15) is 0 Å². The zero-order valence-corrected chi connectivity index (χ0v) is 18.0. The largest absolute Gasteiger partial charge is 0.482 e. The first-order valence-corrected chi connectivity index (χ1v) is 10.9. The normalized spacial score (nSPS) is 14.0. The minimum absolute atomic E-state index is 0.0973. The molecule has 1 aliphatic heterocycles. The van der Waals surface area contributed by atoms with E-state index >= 15 is 0 Å². The molecule has 1 atom stereocenters. The van der Waals surface area contributed by atoms with Crippen LogP contribution in [0.25, 0.3) is 10.2 Å². The number of para-hydroxylation sites is 2. The highest BCUT2D eigenvalue weighted by Crippen LogP contribution is 2.34. The van der Waals surface area contributed by atoms with Gasteiger partial charge in [-0.3, -0.25) is 19.3 Å². The highest BCUT2D eigenvalue weighted by atomic mass is 32.1. The van der Waals surface area contributed by atoms with Crippen LogP contribution in [0, 0.1) is 0 Å². The monoisotopic (exact) mass is 438 g/mol. The minimum atomic E-state index is -0.672. The maximum atomic E-state index is 13.1. The number of aromatic nitrogens is 1. The highest BCUT2D eigenvalue weighted by molar-refractivity contribution is 7.22. The summed E-state index contributed by atoms with van der Waals surface area (Å²) in [5, 5.41) is 6.18. The van der Waals surface area contributed by atoms with Crippen molar-refractivity contribution >= 4 is 55.8 Å². The van der Waals surface area contributed by atoms with Crippen molar-refractivity contribution in [2.75, 3.05) is 22.1 Å². The summed E-state index contributed by atoms with van der Waals surface area (Å²) in [5.41, 5.74) is 1.93. The fraction of sp³-hybridized carbons (Fsp3) is 0.273. The molecule has 160 valence electrons. The number of ether oxygens (including phenoxy) is 1. The van der Waals surface area contributed by atoms with E-state index in [1.165, 1.54) is 16.2 Å². The molecule has 2 aromatic carbocycles. The molecule has 0 fully saturated rings. The van der Waals surface area contributed by atoms with Gasteiger partial charge in [-0.05, 0) is 36.8 Å². The van der Waals surface area contributed by atoms with Gasteiger partial charge in [0.05, 0.1) is 15.9 Å². The summed E-state index contributed by atoms with van der Waals surface area (Å²) in [5.74, 6) is -0.0549. The lowest BCUT2D eigenvalue weighted by atomic mass is 10.1. The van der Waals surface area contributed by atoms with Gasteiger partial charge in [0, 0.05) is 12.1 Å². The van der Waals surface area contributed by atoms with Crippen molar-refractivity contribution in [2.45, 2.75) is 32.7 Å². The van der Waals surface area contributed by atoms with E-state index in [0.29, 0.717) is 35.1 Å². The molecule has 0 bridgehead atoms. The van der Waals surface area contributed by atoms with Gasteiger partial charge >= 0.3 is 0 Å². The molecule has 8 nitrogen and oxygen atoms in total. The van der Waals surface area contributed by atoms with Crippen molar-refractivity contribution in [1.82, 2.24) is 4.98 Å². The minimum Gasteiger partial charge on any atom is -0.482 e. The van der Waals surface area contributed by atoms with Crippen LogP contribution in [-0.2, 0) is 14.4 Å². The van der Waals surface area contributed by atoms with E-state index in [1.807, 2.05) is 25.1 Å². The van der Waals surface area contributed by atoms with Gasteiger partial charge in [0.1, 0.15) is 11.8 Å². The molecule has 1 aliphatic rings. The Labute approximate surface area is 183 Å². The molecular weight excluding hydrogens is 416 g/mol. The van der Waals surface area contributed by atoms with Crippen LogP contribution in [0.1, 0.15) is 26.7 Å². The number of fused-ring (bicyclic) bond motifs is 2. The van der Waals surface area contributed by atoms with Crippen LogP contribution >= 0.6 is 11.3 Å². The summed E-state index contributed by atoms with van der Waals surface area (Å²) in [6.07, 6.45) is 0.820. The van der Waals surface area contributed by atoms with Crippen molar-refractivity contribution in [3.05, 3.63) is 42.5 Å². The number of amides is 3. The van der Waals surface area contributed by atoms with Crippen molar-refractivity contribution in [3.63, 3.8) is 0 Å². The Bertz CT molecular complexity index is 1160. The van der Waals surface area contributed by atoms with Gasteiger partial charge in [-0.15, -0.1) is 0 Å². The maximum Gasteiger partial charge on any atom is 0.265 e. The molecule has 0 radical (unpaired) electrons. The number of nitrogens with one attached hydrogen (secondary N) is 2. The SMILES string of the molecule is CCC(=O)Nc1nc2ccc(NC(=O)[C@@H](CC)N3C(=O)COc4ccccc43)cc2s1. The van der Waals surface area contributed by atoms with Crippen LogP contribution in [0.5, 0.6) is 5.75 Å². The lowest BCUT2D eigenvalue weighted by Crippen LogP contribution is -2.50. The third-order valence-electron chi connectivity index (χ3n) is 4.97. The maximum absolute atomic E-state index is 13.1. The van der Waals surface area contributed by atoms with Crippen molar-refractivity contribution in [3.8, 4) is 5.75 Å². The highest BCUT2D eigenvalue weighted by Gasteiger charge is 2.34. The Kier molecular flexibility index (Phi) is 5.85. The van der Waals surface area contributed by atoms with E-state index in [2.05, 4.69) is 15.6 Å². The van der Waals surface area contributed by atoms with Gasteiger partial charge in [-0.25, -0.2) is 4.98 Å². The fourth-order valence-electron chi connectivity index (χ4n) is 3.44. The molecule has 0 saturated carbocycles. The van der Waals surface area contributed by atoms with Crippen molar-refractivity contribution < 1.29 is 19.1 Å². The molecule has 1 aromatic heterocycles. The summed E-state index contributed by atoms with van der Waals surface area (Å²) in [4.78, 5) is 43.2. The Morgan fingerprint density at radius 1 is 1.19 bits per heavy atom. The van der Waals surface area contributed by atoms with Gasteiger partial charge in [0.15, 0.2) is 11.7 Å². The van der Waals surface area contributed by atoms with E-state index in [4.69, 9.17) is 4.74 Å². The van der Waals surface area contributed by atoms with Crippen LogP contribution in [-0.4, -0.2) is 35.4 Å². The second-order valence-electron chi connectivity index (χ2n) is 7.04. The van der Waals surface area contributed by atoms with Gasteiger partial charge in [0.25, 0.3) is 5.91 Å². The van der Waals surface area contributed by atoms with Crippen LogP contribution in [0.3, 0.4) is 0 Å². The smallest absolute Gasteiger partial charge is 0.265 e. The van der Waals surface area contributed by atoms with E-state index in [1.54, 1.807) is 31.2 Å². The number of hydrogen-bond donors (Lipinski definition) is 2. The van der Waals surface area contributed by atoms with E-state index in [0.717, 1.165) is 10.2 Å². The molecule has 3 aromatic rings. The number of carbonyl (C=O) groups excluding carboxylic acids is 3. The van der Waals surface area contributed by atoms with Crippen LogP contribution < -0.4 is 20.3 Å². The second-order valence-corrected chi connectivity index (χ2v) is 8.07. The molecule has 0 spiro atoms. The number of nitrogens with zero attached hydrogens (tertiary/aromatic N) is 2. The molecule has 4 rings (SSSR count). The van der Waals surface area contributed by atoms with Gasteiger partial charge in [-0.1, -0.05) is 37.3 Å². The van der Waals surface area contributed by atoms with Crippen LogP contribution in [0.4, 0.5) is 16.5 Å². The molecule has 2 N–H and O–H groups in total. The lowest BCUT2D eigenvalue weighted by Gasteiger charge is -2.34. The van der Waals surface area contributed by atoms with Crippen LogP contribution in [0.2, 0.25) is 0 Å². The molecule has 31 heavy (non-hydrogen) atoms. The zero-order chi connectivity index (χ0) is 22.0. The Balaban J connectivity index is 1.56. The summed E-state index contributed by atoms with van der Waals surface area (Å²) in [7, 11) is 0. The molecule has 0 unspecified atom stereocenters. The number of anilines is 3. The Morgan fingerprint density at radius 2 is 2.00 bits per heavy atom. The molecule has 0 saturated heterocycles. The van der Waals surface area contributed by atoms with Crippen molar-refractivity contribution in [1.29, 1.82) is 0 Å². The molecule has 0 aliphatic carbocycles. The predicted molar refractivity (Wildman–Crippen MR) is 121 cm³/mol. The summed E-state index contributed by atoms with van der Waals surface area (Å²) in [6, 6.07) is 11.9. The van der Waals surface area contributed by atoms with E-state index < -0.39 is 6.04 Å². The third kappa shape index (κ3) is 4.22. The second kappa shape index (κ2) is 8.73. The molecule has 2 heterocycles. The standard InChI is InChI=1S/C22H22N4O4S/c1-3-15(26-16-7-5-6-8-17(16)30-12-20(26)28)21(29)23-13-9-10-14-18(11-13)31-22(24-14)25-19(27)4-2/h5-11,15H,3-4,12H2,1-2H3,(H,23,29)(H,24,25,27)/t15-/m1/s1. The van der Waals surface area contributed by atoms with E-state index in [-0.39, 0.29) is 24.3 Å². The fourth-order valence-corrected chi connectivity index (χ4v) is 4.36. The van der Waals surface area contributed by atoms with Crippen molar-refractivity contribution in [2.24, 2.45) is 0 Å². The number of benzene rings is 2. The number of carbonyl (C=O) groups is 3. The Hall–Kier alpha value is -3.46. The zero-order valence-electron chi connectivity index (χ0n) is 17.2. The Morgan fingerprint density at radius 3 is 2.77 bits per heavy atom. The lowest BCUT2D eigenvalue weighted by molar-refractivity contribution is -0.125. The number of rotatable bonds is 6. The first-order valence-electron chi connectivity index (χ1n) is 10.0. The van der Waals surface area contributed by atoms with E-state index in [9.17, 15) is 14.4 Å².